The lowest BCUT2D eigenvalue weighted by Crippen LogP contribution is -2.23. The third kappa shape index (κ3) is 6.08. The molecule has 5 rings (SSSR count). The van der Waals surface area contributed by atoms with Gasteiger partial charge >= 0.3 is 5.97 Å². The van der Waals surface area contributed by atoms with Crippen molar-refractivity contribution in [2.24, 2.45) is 5.92 Å². The second kappa shape index (κ2) is 11.4. The molecule has 0 saturated heterocycles. The Bertz CT molecular complexity index is 1350. The van der Waals surface area contributed by atoms with E-state index in [2.05, 4.69) is 34.6 Å². The Morgan fingerprint density at radius 3 is 2.38 bits per heavy atom. The number of nitrogens with one attached hydrogen (secondary N) is 1. The summed E-state index contributed by atoms with van der Waals surface area (Å²) < 4.78 is 7.02. The molecule has 1 aliphatic carbocycles. The first-order valence-electron chi connectivity index (χ1n) is 13.2. The number of carbonyl (C=O) groups is 2. The number of rotatable bonds is 8. The van der Waals surface area contributed by atoms with Crippen LogP contribution in [-0.2, 0) is 16.1 Å². The molecule has 0 bridgehead atoms. The van der Waals surface area contributed by atoms with Crippen molar-refractivity contribution in [3.05, 3.63) is 95.9 Å². The number of fused-ring (bicyclic) bond motifs is 1. The van der Waals surface area contributed by atoms with Crippen LogP contribution in [0.4, 0.5) is 0 Å². The van der Waals surface area contributed by atoms with Crippen molar-refractivity contribution in [1.29, 1.82) is 0 Å². The molecule has 6 heteroatoms. The molecule has 2 aromatic carbocycles. The van der Waals surface area contributed by atoms with Gasteiger partial charge in [0, 0.05) is 25.4 Å². The fourth-order valence-electron chi connectivity index (χ4n) is 5.24. The van der Waals surface area contributed by atoms with Gasteiger partial charge in [-0.2, -0.15) is 0 Å². The van der Waals surface area contributed by atoms with Gasteiger partial charge in [0.2, 0.25) is 0 Å². The fraction of sp³-hybridized carbons (Fsp3) is 0.323. The molecule has 1 N–H and O–H groups in total. The number of pyridine rings is 1. The van der Waals surface area contributed by atoms with Gasteiger partial charge in [-0.15, -0.1) is 0 Å². The second-order valence-corrected chi connectivity index (χ2v) is 9.83. The SMILES string of the molecule is CCOC(=O)C[C@H]1CC[C@H](c2ccc(-c3ccc4nc(C(=O)NCc5ccccc5)cn4c3)cc2)CC1. The summed E-state index contributed by atoms with van der Waals surface area (Å²) >= 11 is 0. The van der Waals surface area contributed by atoms with Crippen molar-refractivity contribution in [2.45, 2.75) is 51.5 Å². The summed E-state index contributed by atoms with van der Waals surface area (Å²) in [4.78, 5) is 28.9. The van der Waals surface area contributed by atoms with Crippen molar-refractivity contribution in [3.8, 4) is 11.1 Å². The lowest BCUT2D eigenvalue weighted by atomic mass is 9.77. The largest absolute Gasteiger partial charge is 0.466 e. The molecule has 0 unspecified atom stereocenters. The number of esters is 1. The highest BCUT2D eigenvalue weighted by Crippen LogP contribution is 2.37. The van der Waals surface area contributed by atoms with Crippen molar-refractivity contribution in [2.75, 3.05) is 6.61 Å². The molecule has 0 spiro atoms. The molecule has 2 aromatic heterocycles. The summed E-state index contributed by atoms with van der Waals surface area (Å²) in [6, 6.07) is 22.6. The molecule has 37 heavy (non-hydrogen) atoms. The van der Waals surface area contributed by atoms with Crippen LogP contribution >= 0.6 is 0 Å². The average molecular weight is 496 g/mol. The van der Waals surface area contributed by atoms with Crippen molar-refractivity contribution >= 4 is 17.5 Å². The van der Waals surface area contributed by atoms with Crippen molar-refractivity contribution < 1.29 is 14.3 Å². The summed E-state index contributed by atoms with van der Waals surface area (Å²) in [5, 5.41) is 2.94. The quantitative estimate of drug-likeness (QED) is 0.297. The van der Waals surface area contributed by atoms with Gasteiger partial charge in [0.15, 0.2) is 0 Å². The highest BCUT2D eigenvalue weighted by Gasteiger charge is 2.24. The number of hydrogen-bond acceptors (Lipinski definition) is 4. The average Bonchev–Trinajstić information content (AvgIpc) is 3.37. The second-order valence-electron chi connectivity index (χ2n) is 9.83. The van der Waals surface area contributed by atoms with Crippen LogP contribution in [0.15, 0.2) is 79.1 Å². The highest BCUT2D eigenvalue weighted by atomic mass is 16.5. The predicted molar refractivity (Wildman–Crippen MR) is 144 cm³/mol. The zero-order valence-electron chi connectivity index (χ0n) is 21.2. The first kappa shape index (κ1) is 24.8. The minimum atomic E-state index is -0.185. The Hall–Kier alpha value is -3.93. The number of benzene rings is 2. The lowest BCUT2D eigenvalue weighted by molar-refractivity contribution is -0.144. The number of amides is 1. The summed E-state index contributed by atoms with van der Waals surface area (Å²) in [6.45, 7) is 2.79. The maximum atomic E-state index is 12.6. The first-order valence-corrected chi connectivity index (χ1v) is 13.2. The molecule has 6 nitrogen and oxygen atoms in total. The molecule has 2 heterocycles. The topological polar surface area (TPSA) is 72.7 Å². The van der Waals surface area contributed by atoms with Gasteiger partial charge in [0.05, 0.1) is 6.61 Å². The standard InChI is InChI=1S/C31H33N3O3/c1-2-37-30(35)18-22-8-10-24(11-9-22)25-12-14-26(15-13-25)27-16-17-29-33-28(21-34(29)20-27)31(36)32-19-23-6-4-3-5-7-23/h3-7,12-17,20-22,24H,2,8-11,18-19H2,1H3,(H,32,36)/t22-,24-. The lowest BCUT2D eigenvalue weighted by Gasteiger charge is -2.28. The van der Waals surface area contributed by atoms with E-state index in [-0.39, 0.29) is 11.9 Å². The molecule has 1 aliphatic rings. The van der Waals surface area contributed by atoms with Crippen LogP contribution in [0.1, 0.15) is 66.6 Å². The van der Waals surface area contributed by atoms with E-state index < -0.39 is 0 Å². The molecule has 190 valence electrons. The van der Waals surface area contributed by atoms with Crippen LogP contribution in [0.5, 0.6) is 0 Å². The maximum absolute atomic E-state index is 12.6. The minimum Gasteiger partial charge on any atom is -0.466 e. The first-order chi connectivity index (χ1) is 18.1. The van der Waals surface area contributed by atoms with Gasteiger partial charge in [-0.3, -0.25) is 9.59 Å². The smallest absolute Gasteiger partial charge is 0.306 e. The number of ether oxygens (including phenoxy) is 1. The van der Waals surface area contributed by atoms with Gasteiger partial charge < -0.3 is 14.5 Å². The number of hydrogen-bond donors (Lipinski definition) is 1. The number of carbonyl (C=O) groups excluding carboxylic acids is 2. The molecule has 1 saturated carbocycles. The van der Waals surface area contributed by atoms with E-state index >= 15 is 0 Å². The molecule has 0 aliphatic heterocycles. The zero-order valence-corrected chi connectivity index (χ0v) is 21.2. The molecule has 0 atom stereocenters. The molecule has 0 radical (unpaired) electrons. The van der Waals surface area contributed by atoms with Crippen LogP contribution in [0.3, 0.4) is 0 Å². The Kier molecular flexibility index (Phi) is 7.64. The monoisotopic (exact) mass is 495 g/mol. The van der Waals surface area contributed by atoms with E-state index in [1.807, 2.05) is 60.0 Å². The van der Waals surface area contributed by atoms with E-state index in [1.165, 1.54) is 5.56 Å². The van der Waals surface area contributed by atoms with E-state index in [1.54, 1.807) is 6.20 Å². The number of nitrogens with zero attached hydrogens (tertiary/aromatic N) is 2. The maximum Gasteiger partial charge on any atom is 0.306 e. The molecule has 1 amide bonds. The van der Waals surface area contributed by atoms with E-state index in [4.69, 9.17) is 4.74 Å². The minimum absolute atomic E-state index is 0.0647. The van der Waals surface area contributed by atoms with Crippen molar-refractivity contribution in [1.82, 2.24) is 14.7 Å². The van der Waals surface area contributed by atoms with E-state index in [0.29, 0.717) is 37.1 Å². The zero-order chi connectivity index (χ0) is 25.6. The van der Waals surface area contributed by atoms with Gasteiger partial charge in [0.1, 0.15) is 11.3 Å². The van der Waals surface area contributed by atoms with Gasteiger partial charge in [0.25, 0.3) is 5.91 Å². The number of aromatic nitrogens is 2. The van der Waals surface area contributed by atoms with Crippen LogP contribution in [0.2, 0.25) is 0 Å². The Balaban J connectivity index is 1.21. The van der Waals surface area contributed by atoms with Crippen LogP contribution < -0.4 is 5.32 Å². The molecule has 4 aromatic rings. The number of imidazole rings is 1. The van der Waals surface area contributed by atoms with Crippen LogP contribution in [-0.4, -0.2) is 27.9 Å². The molecule has 1 fully saturated rings. The third-order valence-corrected chi connectivity index (χ3v) is 7.30. The van der Waals surface area contributed by atoms with Gasteiger partial charge in [-0.05, 0) is 78.8 Å². The van der Waals surface area contributed by atoms with E-state index in [9.17, 15) is 9.59 Å². The Morgan fingerprint density at radius 2 is 1.65 bits per heavy atom. The molecular formula is C31H33N3O3. The summed E-state index contributed by atoms with van der Waals surface area (Å²) in [5.41, 5.74) is 5.76. The predicted octanol–water partition coefficient (Wildman–Crippen LogP) is 6.16. The van der Waals surface area contributed by atoms with Crippen molar-refractivity contribution in [3.63, 3.8) is 0 Å². The summed E-state index contributed by atoms with van der Waals surface area (Å²) in [6.07, 6.45) is 8.72. The van der Waals surface area contributed by atoms with E-state index in [0.717, 1.165) is 48.0 Å². The highest BCUT2D eigenvalue weighted by molar-refractivity contribution is 5.92. The Morgan fingerprint density at radius 1 is 0.919 bits per heavy atom. The molecular weight excluding hydrogens is 462 g/mol. The summed E-state index contributed by atoms with van der Waals surface area (Å²) in [5.74, 6) is 0.739. The fourth-order valence-corrected chi connectivity index (χ4v) is 5.24. The Labute approximate surface area is 217 Å². The van der Waals surface area contributed by atoms with Gasteiger partial charge in [-0.25, -0.2) is 4.98 Å². The normalized spacial score (nSPS) is 17.4. The van der Waals surface area contributed by atoms with Crippen LogP contribution in [0.25, 0.3) is 16.8 Å². The third-order valence-electron chi connectivity index (χ3n) is 7.30. The van der Waals surface area contributed by atoms with Crippen LogP contribution in [0, 0.1) is 5.92 Å². The van der Waals surface area contributed by atoms with Gasteiger partial charge in [-0.1, -0.05) is 54.6 Å². The summed E-state index contributed by atoms with van der Waals surface area (Å²) in [7, 11) is 0.